The zero-order chi connectivity index (χ0) is 23.2. The molecule has 0 spiro atoms. The Kier molecular flexibility index (Phi) is 5.03. The van der Waals surface area contributed by atoms with Gasteiger partial charge < -0.3 is 20.1 Å². The summed E-state index contributed by atoms with van der Waals surface area (Å²) < 4.78 is 0. The Morgan fingerprint density at radius 3 is 2.73 bits per heavy atom. The van der Waals surface area contributed by atoms with E-state index in [2.05, 4.69) is 15.3 Å². The molecule has 1 unspecified atom stereocenters. The summed E-state index contributed by atoms with van der Waals surface area (Å²) in [4.78, 5) is 32.8. The Balaban J connectivity index is 1.56. The van der Waals surface area contributed by atoms with E-state index in [-0.39, 0.29) is 18.4 Å². The van der Waals surface area contributed by atoms with Crippen LogP contribution in [0.5, 0.6) is 0 Å². The van der Waals surface area contributed by atoms with Crippen LogP contribution in [0.25, 0.3) is 11.0 Å². The van der Waals surface area contributed by atoms with Crippen LogP contribution >= 0.6 is 11.6 Å². The molecule has 3 aromatic carbocycles. The summed E-state index contributed by atoms with van der Waals surface area (Å²) in [7, 11) is 0. The highest BCUT2D eigenvalue weighted by atomic mass is 35.5. The van der Waals surface area contributed by atoms with Crippen molar-refractivity contribution in [2.24, 2.45) is 0 Å². The van der Waals surface area contributed by atoms with Gasteiger partial charge in [-0.05, 0) is 42.3 Å². The first kappa shape index (κ1) is 21.0. The molecule has 8 nitrogen and oxygen atoms in total. The van der Waals surface area contributed by atoms with E-state index in [1.165, 1.54) is 4.90 Å². The maximum absolute atomic E-state index is 13.3. The molecule has 4 aromatic rings. The number of amides is 2. The van der Waals surface area contributed by atoms with Crippen LogP contribution < -0.4 is 5.32 Å². The van der Waals surface area contributed by atoms with Gasteiger partial charge in [0.2, 0.25) is 5.95 Å². The van der Waals surface area contributed by atoms with Gasteiger partial charge in [0.05, 0.1) is 11.0 Å². The van der Waals surface area contributed by atoms with Crippen molar-refractivity contribution in [3.63, 3.8) is 0 Å². The van der Waals surface area contributed by atoms with Crippen LogP contribution in [0.1, 0.15) is 27.0 Å². The lowest BCUT2D eigenvalue weighted by Crippen LogP contribution is -2.45. The zero-order valence-electron chi connectivity index (χ0n) is 17.2. The number of imidazole rings is 1. The third kappa shape index (κ3) is 3.59. The minimum Gasteiger partial charge on any atom is -0.465 e. The monoisotopic (exact) mass is 462 g/mol. The fourth-order valence-electron chi connectivity index (χ4n) is 4.30. The SMILES string of the molecule is O=C(O)Nc1nc2cc(C3(O)c4ccccc4C(=O)N3CCc3cccc(Cl)c3)ccc2[nH]1. The van der Waals surface area contributed by atoms with Crippen LogP contribution in [-0.2, 0) is 12.1 Å². The Bertz CT molecular complexity index is 1400. The first-order chi connectivity index (χ1) is 15.9. The van der Waals surface area contributed by atoms with Crippen LogP contribution in [0, 0.1) is 0 Å². The maximum Gasteiger partial charge on any atom is 0.411 e. The summed E-state index contributed by atoms with van der Waals surface area (Å²) >= 11 is 6.10. The lowest BCUT2D eigenvalue weighted by Gasteiger charge is -2.35. The average Bonchev–Trinajstić information content (AvgIpc) is 3.28. The standard InChI is InChI=1S/C24H19ClN4O4/c25-16-5-3-4-14(12-16)10-11-29-21(30)17-6-1-2-7-18(17)24(29,33)15-8-9-19-20(13-15)27-22(26-19)28-23(31)32/h1-9,12-13,33H,10-11H2,(H,31,32)(H2,26,27,28). The molecule has 0 saturated heterocycles. The number of nitrogens with one attached hydrogen (secondary N) is 2. The van der Waals surface area contributed by atoms with Gasteiger partial charge in [-0.25, -0.2) is 9.78 Å². The second-order valence-electron chi connectivity index (χ2n) is 7.80. The number of halogens is 1. The molecule has 2 amide bonds. The van der Waals surface area contributed by atoms with Gasteiger partial charge in [-0.2, -0.15) is 0 Å². The van der Waals surface area contributed by atoms with Gasteiger partial charge in [-0.15, -0.1) is 0 Å². The first-order valence-electron chi connectivity index (χ1n) is 10.2. The normalized spacial score (nSPS) is 17.4. The van der Waals surface area contributed by atoms with E-state index in [4.69, 9.17) is 16.7 Å². The fourth-order valence-corrected chi connectivity index (χ4v) is 4.52. The summed E-state index contributed by atoms with van der Waals surface area (Å²) in [6.45, 7) is 0.259. The van der Waals surface area contributed by atoms with Crippen molar-refractivity contribution in [2.75, 3.05) is 11.9 Å². The first-order valence-corrected chi connectivity index (χ1v) is 10.6. The highest BCUT2D eigenvalue weighted by molar-refractivity contribution is 6.30. The van der Waals surface area contributed by atoms with Crippen LogP contribution in [0.2, 0.25) is 5.02 Å². The predicted molar refractivity (Wildman–Crippen MR) is 123 cm³/mol. The molecular weight excluding hydrogens is 444 g/mol. The molecular formula is C24H19ClN4O4. The van der Waals surface area contributed by atoms with E-state index >= 15 is 0 Å². The molecule has 0 aliphatic carbocycles. The highest BCUT2D eigenvalue weighted by Gasteiger charge is 2.49. The number of aromatic nitrogens is 2. The van der Waals surface area contributed by atoms with Gasteiger partial charge in [0, 0.05) is 28.3 Å². The van der Waals surface area contributed by atoms with Crippen molar-refractivity contribution in [1.29, 1.82) is 0 Å². The van der Waals surface area contributed by atoms with Gasteiger partial charge in [0.1, 0.15) is 0 Å². The highest BCUT2D eigenvalue weighted by Crippen LogP contribution is 2.42. The number of H-pyrrole nitrogens is 1. The number of carbonyl (C=O) groups is 2. The van der Waals surface area contributed by atoms with Crippen molar-refractivity contribution in [2.45, 2.75) is 12.1 Å². The second kappa shape index (κ2) is 7.91. The number of nitrogens with zero attached hydrogens (tertiary/aromatic N) is 2. The fraction of sp³-hybridized carbons (Fsp3) is 0.125. The molecule has 0 radical (unpaired) electrons. The Morgan fingerprint density at radius 1 is 1.12 bits per heavy atom. The number of carboxylic acid groups (broad SMARTS) is 1. The average molecular weight is 463 g/mol. The van der Waals surface area contributed by atoms with E-state index in [1.54, 1.807) is 48.5 Å². The largest absolute Gasteiger partial charge is 0.465 e. The number of aliphatic hydroxyl groups is 1. The van der Waals surface area contributed by atoms with E-state index in [0.717, 1.165) is 5.56 Å². The molecule has 0 fully saturated rings. The number of fused-ring (bicyclic) bond motifs is 2. The number of carbonyl (C=O) groups excluding carboxylic acids is 1. The minimum absolute atomic E-state index is 0.0716. The lowest BCUT2D eigenvalue weighted by atomic mass is 9.93. The molecule has 33 heavy (non-hydrogen) atoms. The van der Waals surface area contributed by atoms with Crippen molar-refractivity contribution in [3.05, 3.63) is 94.0 Å². The molecule has 0 saturated carbocycles. The summed E-state index contributed by atoms with van der Waals surface area (Å²) in [5, 5.41) is 23.7. The van der Waals surface area contributed by atoms with Crippen molar-refractivity contribution in [1.82, 2.24) is 14.9 Å². The summed E-state index contributed by atoms with van der Waals surface area (Å²) in [6.07, 6.45) is -0.740. The van der Waals surface area contributed by atoms with Crippen LogP contribution in [-0.4, -0.2) is 43.6 Å². The van der Waals surface area contributed by atoms with Gasteiger partial charge in [0.25, 0.3) is 5.91 Å². The van der Waals surface area contributed by atoms with E-state index < -0.39 is 11.8 Å². The van der Waals surface area contributed by atoms with Crippen molar-refractivity contribution < 1.29 is 19.8 Å². The Hall–Kier alpha value is -3.88. The number of benzene rings is 3. The molecule has 1 atom stereocenters. The molecule has 1 aliphatic heterocycles. The van der Waals surface area contributed by atoms with Crippen molar-refractivity contribution in [3.8, 4) is 0 Å². The van der Waals surface area contributed by atoms with Gasteiger partial charge in [-0.3, -0.25) is 10.1 Å². The number of hydrogen-bond donors (Lipinski definition) is 4. The summed E-state index contributed by atoms with van der Waals surface area (Å²) in [5.41, 5.74) is 1.65. The van der Waals surface area contributed by atoms with Crippen LogP contribution in [0.3, 0.4) is 0 Å². The molecule has 5 rings (SSSR count). The number of hydrogen-bond acceptors (Lipinski definition) is 4. The van der Waals surface area contributed by atoms with E-state index in [1.807, 2.05) is 18.2 Å². The maximum atomic E-state index is 13.3. The molecule has 9 heteroatoms. The predicted octanol–water partition coefficient (Wildman–Crippen LogP) is 4.20. The molecule has 166 valence electrons. The minimum atomic E-state index is -1.71. The summed E-state index contributed by atoms with van der Waals surface area (Å²) in [5.74, 6) is -0.201. The molecule has 1 aromatic heterocycles. The van der Waals surface area contributed by atoms with Gasteiger partial charge >= 0.3 is 6.09 Å². The Morgan fingerprint density at radius 2 is 1.94 bits per heavy atom. The number of rotatable bonds is 5. The van der Waals surface area contributed by atoms with Crippen LogP contribution in [0.15, 0.2) is 66.7 Å². The lowest BCUT2D eigenvalue weighted by molar-refractivity contribution is -0.0493. The Labute approximate surface area is 193 Å². The number of anilines is 1. The van der Waals surface area contributed by atoms with Gasteiger partial charge in [-0.1, -0.05) is 48.0 Å². The van der Waals surface area contributed by atoms with Gasteiger partial charge in [0.15, 0.2) is 5.72 Å². The van der Waals surface area contributed by atoms with Crippen molar-refractivity contribution >= 4 is 40.6 Å². The number of aromatic amines is 1. The zero-order valence-corrected chi connectivity index (χ0v) is 18.0. The van der Waals surface area contributed by atoms with E-state index in [0.29, 0.717) is 39.2 Å². The smallest absolute Gasteiger partial charge is 0.411 e. The molecule has 2 heterocycles. The van der Waals surface area contributed by atoms with Crippen LogP contribution in [0.4, 0.5) is 10.7 Å². The van der Waals surface area contributed by atoms with E-state index in [9.17, 15) is 14.7 Å². The third-order valence-corrected chi connectivity index (χ3v) is 6.03. The molecule has 1 aliphatic rings. The molecule has 4 N–H and O–H groups in total. The summed E-state index contributed by atoms with van der Waals surface area (Å²) in [6, 6.07) is 19.4. The third-order valence-electron chi connectivity index (χ3n) is 5.79. The molecule has 0 bridgehead atoms. The topological polar surface area (TPSA) is 119 Å². The quantitative estimate of drug-likeness (QED) is 0.354. The second-order valence-corrected chi connectivity index (χ2v) is 8.24.